The van der Waals surface area contributed by atoms with Gasteiger partial charge in [0.15, 0.2) is 0 Å². The molecular weight excluding hydrogens is 410 g/mol. The number of thioether (sulfide) groups is 1. The minimum absolute atomic E-state index is 0.229. The lowest BCUT2D eigenvalue weighted by Gasteiger charge is -2.21. The molecule has 0 aliphatic rings. The van der Waals surface area contributed by atoms with Gasteiger partial charge in [0, 0.05) is 0 Å². The van der Waals surface area contributed by atoms with Gasteiger partial charge in [-0.05, 0) is 56.6 Å². The number of carboxylic acids is 1. The summed E-state index contributed by atoms with van der Waals surface area (Å²) in [5.41, 5.74) is 11.4. The summed E-state index contributed by atoms with van der Waals surface area (Å²) in [6.07, 6.45) is 4.27. The number of carbonyl (C=O) groups excluding carboxylic acids is 3. The smallest absolute Gasteiger partial charge is 0.326 e. The van der Waals surface area contributed by atoms with Crippen LogP contribution in [0.5, 0.6) is 0 Å². The van der Waals surface area contributed by atoms with E-state index >= 15 is 0 Å². The van der Waals surface area contributed by atoms with Crippen molar-refractivity contribution >= 4 is 35.5 Å². The molecule has 10 nitrogen and oxygen atoms in total. The van der Waals surface area contributed by atoms with E-state index in [1.807, 2.05) is 20.1 Å². The highest BCUT2D eigenvalue weighted by Crippen LogP contribution is 2.06. The summed E-state index contributed by atoms with van der Waals surface area (Å²) in [4.78, 5) is 48.1. The van der Waals surface area contributed by atoms with Gasteiger partial charge >= 0.3 is 5.97 Å². The van der Waals surface area contributed by atoms with Crippen molar-refractivity contribution in [2.45, 2.75) is 64.1 Å². The molecule has 11 heteroatoms. The van der Waals surface area contributed by atoms with Crippen molar-refractivity contribution in [1.29, 1.82) is 0 Å². The van der Waals surface area contributed by atoms with E-state index in [-0.39, 0.29) is 18.9 Å². The second kappa shape index (κ2) is 15.9. The first-order valence-electron chi connectivity index (χ1n) is 10.2. The van der Waals surface area contributed by atoms with Crippen LogP contribution >= 0.6 is 11.8 Å². The minimum Gasteiger partial charge on any atom is -0.480 e. The number of carbonyl (C=O) groups is 4. The van der Waals surface area contributed by atoms with E-state index in [1.54, 1.807) is 0 Å². The molecule has 0 aliphatic carbocycles. The van der Waals surface area contributed by atoms with Gasteiger partial charge in [-0.3, -0.25) is 14.4 Å². The van der Waals surface area contributed by atoms with E-state index in [0.29, 0.717) is 38.0 Å². The lowest BCUT2D eigenvalue weighted by atomic mass is 10.0. The normalized spacial score (nSPS) is 13.9. The maximum atomic E-state index is 12.5. The third-order valence-electron chi connectivity index (χ3n) is 4.31. The highest BCUT2D eigenvalue weighted by atomic mass is 32.2. The van der Waals surface area contributed by atoms with Gasteiger partial charge in [0.05, 0.1) is 12.6 Å². The lowest BCUT2D eigenvalue weighted by molar-refractivity contribution is -0.141. The number of hydrogen-bond acceptors (Lipinski definition) is 7. The van der Waals surface area contributed by atoms with E-state index in [2.05, 4.69) is 16.0 Å². The molecule has 0 bridgehead atoms. The quantitative estimate of drug-likeness (QED) is 0.170. The summed E-state index contributed by atoms with van der Waals surface area (Å²) in [6, 6.07) is -2.59. The van der Waals surface area contributed by atoms with Crippen LogP contribution in [0.1, 0.15) is 46.0 Å². The molecule has 174 valence electrons. The molecule has 0 rings (SSSR count). The fourth-order valence-electron chi connectivity index (χ4n) is 2.68. The molecule has 0 aromatic carbocycles. The van der Waals surface area contributed by atoms with Gasteiger partial charge in [-0.1, -0.05) is 13.8 Å². The molecule has 0 spiro atoms. The Balaban J connectivity index is 4.80. The molecule has 3 unspecified atom stereocenters. The Morgan fingerprint density at radius 3 is 2.20 bits per heavy atom. The number of carboxylic acid groups (broad SMARTS) is 1. The van der Waals surface area contributed by atoms with Gasteiger partial charge in [-0.25, -0.2) is 4.79 Å². The van der Waals surface area contributed by atoms with Crippen LogP contribution in [0.3, 0.4) is 0 Å². The van der Waals surface area contributed by atoms with Gasteiger partial charge < -0.3 is 32.5 Å². The van der Waals surface area contributed by atoms with Crippen LogP contribution in [0, 0.1) is 5.92 Å². The first-order chi connectivity index (χ1) is 14.1. The summed E-state index contributed by atoms with van der Waals surface area (Å²) in [5, 5.41) is 16.7. The summed E-state index contributed by atoms with van der Waals surface area (Å²) < 4.78 is 0. The second-order valence-corrected chi connectivity index (χ2v) is 8.52. The Kier molecular flexibility index (Phi) is 14.9. The Labute approximate surface area is 182 Å². The molecule has 0 saturated carbocycles. The zero-order valence-electron chi connectivity index (χ0n) is 18.1. The van der Waals surface area contributed by atoms with Gasteiger partial charge in [-0.15, -0.1) is 0 Å². The van der Waals surface area contributed by atoms with Crippen LogP contribution in [0.15, 0.2) is 0 Å². The Hall–Kier alpha value is -1.85. The second-order valence-electron chi connectivity index (χ2n) is 7.54. The van der Waals surface area contributed by atoms with Gasteiger partial charge in [0.2, 0.25) is 17.7 Å². The average molecular weight is 448 g/mol. The van der Waals surface area contributed by atoms with Gasteiger partial charge in [0.1, 0.15) is 12.1 Å². The minimum atomic E-state index is -1.13. The molecule has 0 heterocycles. The fourth-order valence-corrected chi connectivity index (χ4v) is 3.16. The van der Waals surface area contributed by atoms with Crippen molar-refractivity contribution in [3.05, 3.63) is 0 Å². The number of aliphatic carboxylic acids is 1. The summed E-state index contributed by atoms with van der Waals surface area (Å²) in [6.45, 7) is 3.97. The van der Waals surface area contributed by atoms with Crippen molar-refractivity contribution in [2.75, 3.05) is 25.1 Å². The largest absolute Gasteiger partial charge is 0.480 e. The van der Waals surface area contributed by atoms with Crippen LogP contribution in [0.4, 0.5) is 0 Å². The van der Waals surface area contributed by atoms with Crippen LogP contribution in [-0.4, -0.2) is 72.0 Å². The molecule has 30 heavy (non-hydrogen) atoms. The zero-order valence-corrected chi connectivity index (χ0v) is 18.9. The van der Waals surface area contributed by atoms with E-state index in [9.17, 15) is 19.2 Å². The van der Waals surface area contributed by atoms with Crippen LogP contribution in [0.2, 0.25) is 0 Å². The number of nitrogens with one attached hydrogen (secondary N) is 3. The fraction of sp³-hybridized carbons (Fsp3) is 0.789. The predicted molar refractivity (Wildman–Crippen MR) is 118 cm³/mol. The maximum Gasteiger partial charge on any atom is 0.326 e. The first-order valence-corrected chi connectivity index (χ1v) is 11.6. The summed E-state index contributed by atoms with van der Waals surface area (Å²) in [7, 11) is 0. The predicted octanol–water partition coefficient (Wildman–Crippen LogP) is -0.588. The molecule has 0 aromatic rings. The maximum absolute atomic E-state index is 12.5. The molecule has 0 saturated heterocycles. The average Bonchev–Trinajstić information content (AvgIpc) is 2.67. The Morgan fingerprint density at radius 2 is 1.67 bits per heavy atom. The van der Waals surface area contributed by atoms with Gasteiger partial charge in [0.25, 0.3) is 0 Å². The molecule has 0 radical (unpaired) electrons. The van der Waals surface area contributed by atoms with Crippen molar-refractivity contribution in [1.82, 2.24) is 16.0 Å². The Bertz CT molecular complexity index is 561. The number of unbranched alkanes of at least 4 members (excludes halogenated alkanes) is 1. The number of rotatable bonds is 16. The van der Waals surface area contributed by atoms with E-state index in [1.165, 1.54) is 11.8 Å². The molecular formula is C19H37N5O5S. The SMILES string of the molecule is CSCCC(NC(=O)CNC(=O)C(CCCCN)NC(=O)C(N)CC(C)C)C(=O)O. The van der Waals surface area contributed by atoms with Gasteiger partial charge in [-0.2, -0.15) is 11.8 Å². The molecule has 3 atom stereocenters. The Morgan fingerprint density at radius 1 is 1.00 bits per heavy atom. The highest BCUT2D eigenvalue weighted by molar-refractivity contribution is 7.98. The summed E-state index contributed by atoms with van der Waals surface area (Å²) >= 11 is 1.47. The molecule has 0 aromatic heterocycles. The lowest BCUT2D eigenvalue weighted by Crippen LogP contribution is -2.53. The topological polar surface area (TPSA) is 177 Å². The summed E-state index contributed by atoms with van der Waals surface area (Å²) in [5.74, 6) is -1.88. The first kappa shape index (κ1) is 28.1. The van der Waals surface area contributed by atoms with Crippen LogP contribution in [-0.2, 0) is 19.2 Å². The van der Waals surface area contributed by atoms with E-state index in [4.69, 9.17) is 16.6 Å². The molecule has 8 N–H and O–H groups in total. The third-order valence-corrected chi connectivity index (χ3v) is 4.95. The van der Waals surface area contributed by atoms with E-state index in [0.717, 1.165) is 0 Å². The third kappa shape index (κ3) is 12.7. The van der Waals surface area contributed by atoms with E-state index < -0.39 is 41.8 Å². The van der Waals surface area contributed by atoms with Crippen LogP contribution in [0.25, 0.3) is 0 Å². The van der Waals surface area contributed by atoms with Crippen molar-refractivity contribution in [3.63, 3.8) is 0 Å². The monoisotopic (exact) mass is 447 g/mol. The number of hydrogen-bond donors (Lipinski definition) is 6. The highest BCUT2D eigenvalue weighted by Gasteiger charge is 2.25. The van der Waals surface area contributed by atoms with Crippen molar-refractivity contribution in [2.24, 2.45) is 17.4 Å². The van der Waals surface area contributed by atoms with Crippen LogP contribution < -0.4 is 27.4 Å². The van der Waals surface area contributed by atoms with Crippen molar-refractivity contribution < 1.29 is 24.3 Å². The van der Waals surface area contributed by atoms with Crippen molar-refractivity contribution in [3.8, 4) is 0 Å². The zero-order chi connectivity index (χ0) is 23.1. The molecule has 0 aliphatic heterocycles. The molecule has 3 amide bonds. The number of amides is 3. The standard InChI is InChI=1S/C19H37N5O5S/c1-12(2)10-13(21)17(26)24-14(6-4-5-8-20)18(27)22-11-16(25)23-15(19(28)29)7-9-30-3/h12-15H,4-11,20-21H2,1-3H3,(H,22,27)(H,23,25)(H,24,26)(H,28,29). The molecule has 0 fully saturated rings. The number of nitrogens with two attached hydrogens (primary N) is 2.